The lowest BCUT2D eigenvalue weighted by atomic mass is 10.1. The van der Waals surface area contributed by atoms with Crippen LogP contribution in [0.2, 0.25) is 0 Å². The molecule has 0 saturated carbocycles. The maximum Gasteiger partial charge on any atom is 0.329 e. The molecular weight excluding hydrogens is 457 g/mol. The summed E-state index contributed by atoms with van der Waals surface area (Å²) in [6, 6.07) is 14.4. The third kappa shape index (κ3) is 4.54. The van der Waals surface area contributed by atoms with Gasteiger partial charge in [-0.05, 0) is 64.4 Å². The van der Waals surface area contributed by atoms with Crippen molar-refractivity contribution in [1.29, 1.82) is 0 Å². The average Bonchev–Trinajstić information content (AvgIpc) is 2.91. The molecule has 0 spiro atoms. The first-order valence-electron chi connectivity index (χ1n) is 8.46. The van der Waals surface area contributed by atoms with E-state index in [1.54, 1.807) is 12.1 Å². The Bertz CT molecular complexity index is 922. The SMILES string of the molecule is CCc1ccccc1NC(=O)CN1C(=O)N/C(=C/c2ccc(I)cc2)C1=O. The van der Waals surface area contributed by atoms with Crippen molar-refractivity contribution < 1.29 is 14.4 Å². The minimum atomic E-state index is -0.601. The van der Waals surface area contributed by atoms with Gasteiger partial charge in [0.05, 0.1) is 0 Å². The maximum absolute atomic E-state index is 12.5. The molecule has 138 valence electrons. The van der Waals surface area contributed by atoms with Gasteiger partial charge in [-0.1, -0.05) is 37.3 Å². The van der Waals surface area contributed by atoms with Gasteiger partial charge in [-0.15, -0.1) is 0 Å². The quantitative estimate of drug-likeness (QED) is 0.396. The number of benzene rings is 2. The summed E-state index contributed by atoms with van der Waals surface area (Å²) in [6.45, 7) is 1.65. The largest absolute Gasteiger partial charge is 0.329 e. The summed E-state index contributed by atoms with van der Waals surface area (Å²) in [5.74, 6) is -0.938. The Morgan fingerprint density at radius 1 is 1.15 bits per heavy atom. The lowest BCUT2D eigenvalue weighted by Gasteiger charge is -2.13. The monoisotopic (exact) mass is 475 g/mol. The van der Waals surface area contributed by atoms with Gasteiger partial charge in [0, 0.05) is 9.26 Å². The van der Waals surface area contributed by atoms with Gasteiger partial charge in [0.1, 0.15) is 12.2 Å². The summed E-state index contributed by atoms with van der Waals surface area (Å²) < 4.78 is 1.07. The first-order chi connectivity index (χ1) is 13.0. The highest BCUT2D eigenvalue weighted by atomic mass is 127. The number of carbonyl (C=O) groups excluding carboxylic acids is 3. The molecule has 7 heteroatoms. The molecule has 1 aliphatic rings. The standard InChI is InChI=1S/C20H18IN3O3/c1-2-14-5-3-4-6-16(14)22-18(25)12-24-19(26)17(23-20(24)27)11-13-7-9-15(21)10-8-13/h3-11H,2,12H2,1H3,(H,22,25)(H,23,27)/b17-11+. The number of hydrogen-bond acceptors (Lipinski definition) is 3. The van der Waals surface area contributed by atoms with E-state index >= 15 is 0 Å². The first kappa shape index (κ1) is 19.1. The highest BCUT2D eigenvalue weighted by Gasteiger charge is 2.34. The van der Waals surface area contributed by atoms with E-state index in [2.05, 4.69) is 33.2 Å². The van der Waals surface area contributed by atoms with Gasteiger partial charge in [-0.3, -0.25) is 9.59 Å². The second-order valence-electron chi connectivity index (χ2n) is 5.99. The lowest BCUT2D eigenvalue weighted by Crippen LogP contribution is -2.38. The van der Waals surface area contributed by atoms with E-state index in [1.165, 1.54) is 0 Å². The van der Waals surface area contributed by atoms with Crippen molar-refractivity contribution >= 4 is 52.2 Å². The molecule has 1 fully saturated rings. The summed E-state index contributed by atoms with van der Waals surface area (Å²) in [5.41, 5.74) is 2.62. The fraction of sp³-hybridized carbons (Fsp3) is 0.150. The zero-order valence-corrected chi connectivity index (χ0v) is 16.8. The van der Waals surface area contributed by atoms with E-state index in [4.69, 9.17) is 0 Å². The molecule has 3 rings (SSSR count). The van der Waals surface area contributed by atoms with Gasteiger partial charge in [-0.25, -0.2) is 9.69 Å². The van der Waals surface area contributed by atoms with Crippen molar-refractivity contribution in [3.05, 3.63) is 68.9 Å². The van der Waals surface area contributed by atoms with Crippen molar-refractivity contribution in [3.8, 4) is 0 Å². The number of aryl methyl sites for hydroxylation is 1. The van der Waals surface area contributed by atoms with Crippen LogP contribution in [0.25, 0.3) is 6.08 Å². The number of hydrogen-bond donors (Lipinski definition) is 2. The minimum absolute atomic E-state index is 0.156. The van der Waals surface area contributed by atoms with Gasteiger partial charge < -0.3 is 10.6 Å². The third-order valence-corrected chi connectivity index (χ3v) is 4.84. The normalized spacial score (nSPS) is 15.2. The molecule has 1 aliphatic heterocycles. The summed E-state index contributed by atoms with van der Waals surface area (Å²) >= 11 is 2.19. The number of anilines is 1. The van der Waals surface area contributed by atoms with Crippen LogP contribution in [0, 0.1) is 3.57 Å². The van der Waals surface area contributed by atoms with E-state index in [0.29, 0.717) is 5.69 Å². The van der Waals surface area contributed by atoms with Crippen LogP contribution in [0.3, 0.4) is 0 Å². The summed E-state index contributed by atoms with van der Waals surface area (Å²) in [6.07, 6.45) is 2.36. The molecule has 0 atom stereocenters. The molecular formula is C20H18IN3O3. The van der Waals surface area contributed by atoms with Crippen LogP contribution in [0.5, 0.6) is 0 Å². The Labute approximate surface area is 170 Å². The van der Waals surface area contributed by atoms with Crippen molar-refractivity contribution in [2.45, 2.75) is 13.3 Å². The predicted molar refractivity (Wildman–Crippen MR) is 112 cm³/mol. The zero-order valence-electron chi connectivity index (χ0n) is 14.7. The summed E-state index contributed by atoms with van der Waals surface area (Å²) in [5, 5.41) is 5.29. The maximum atomic E-state index is 12.5. The van der Waals surface area contributed by atoms with Crippen LogP contribution < -0.4 is 10.6 Å². The van der Waals surface area contributed by atoms with Crippen LogP contribution in [-0.4, -0.2) is 29.3 Å². The molecule has 27 heavy (non-hydrogen) atoms. The van der Waals surface area contributed by atoms with Gasteiger partial charge in [0.25, 0.3) is 5.91 Å². The van der Waals surface area contributed by atoms with Gasteiger partial charge in [0.15, 0.2) is 0 Å². The van der Waals surface area contributed by atoms with Crippen molar-refractivity contribution in [3.63, 3.8) is 0 Å². The van der Waals surface area contributed by atoms with Crippen molar-refractivity contribution in [1.82, 2.24) is 10.2 Å². The molecule has 1 saturated heterocycles. The number of rotatable bonds is 5. The molecule has 0 bridgehead atoms. The predicted octanol–water partition coefficient (Wildman–Crippen LogP) is 3.39. The number of carbonyl (C=O) groups is 3. The molecule has 4 amide bonds. The number of amides is 4. The van der Waals surface area contributed by atoms with Crippen LogP contribution in [-0.2, 0) is 16.0 Å². The third-order valence-electron chi connectivity index (χ3n) is 4.12. The number of nitrogens with one attached hydrogen (secondary N) is 2. The topological polar surface area (TPSA) is 78.5 Å². The lowest BCUT2D eigenvalue weighted by molar-refractivity contribution is -0.127. The Morgan fingerprint density at radius 2 is 1.85 bits per heavy atom. The fourth-order valence-corrected chi connectivity index (χ4v) is 3.08. The molecule has 0 unspecified atom stereocenters. The second-order valence-corrected chi connectivity index (χ2v) is 7.24. The van der Waals surface area contributed by atoms with Crippen molar-refractivity contribution in [2.24, 2.45) is 0 Å². The Kier molecular flexibility index (Phi) is 5.90. The number of imide groups is 1. The molecule has 0 radical (unpaired) electrons. The number of nitrogens with zero attached hydrogens (tertiary/aromatic N) is 1. The molecule has 2 aromatic rings. The Morgan fingerprint density at radius 3 is 2.56 bits per heavy atom. The molecule has 0 aliphatic carbocycles. The second kappa shape index (κ2) is 8.34. The number of para-hydroxylation sites is 1. The molecule has 6 nitrogen and oxygen atoms in total. The van der Waals surface area contributed by atoms with Crippen LogP contribution in [0.4, 0.5) is 10.5 Å². The summed E-state index contributed by atoms with van der Waals surface area (Å²) in [4.78, 5) is 37.8. The smallest absolute Gasteiger partial charge is 0.324 e. The molecule has 2 N–H and O–H groups in total. The Balaban J connectivity index is 1.70. The van der Waals surface area contributed by atoms with E-state index < -0.39 is 17.8 Å². The van der Waals surface area contributed by atoms with Gasteiger partial charge in [0.2, 0.25) is 5.91 Å². The Hall–Kier alpha value is -2.68. The van der Waals surface area contributed by atoms with E-state index in [9.17, 15) is 14.4 Å². The van der Waals surface area contributed by atoms with Crippen LogP contribution in [0.1, 0.15) is 18.1 Å². The highest BCUT2D eigenvalue weighted by Crippen LogP contribution is 2.17. The highest BCUT2D eigenvalue weighted by molar-refractivity contribution is 14.1. The van der Waals surface area contributed by atoms with Crippen LogP contribution in [0.15, 0.2) is 54.2 Å². The van der Waals surface area contributed by atoms with Crippen molar-refractivity contribution in [2.75, 3.05) is 11.9 Å². The van der Waals surface area contributed by atoms with Gasteiger partial charge >= 0.3 is 6.03 Å². The molecule has 1 heterocycles. The minimum Gasteiger partial charge on any atom is -0.324 e. The molecule has 0 aromatic heterocycles. The fourth-order valence-electron chi connectivity index (χ4n) is 2.72. The zero-order chi connectivity index (χ0) is 19.4. The average molecular weight is 475 g/mol. The number of urea groups is 1. The van der Waals surface area contributed by atoms with Gasteiger partial charge in [-0.2, -0.15) is 0 Å². The van der Waals surface area contributed by atoms with Crippen LogP contribution >= 0.6 is 22.6 Å². The first-order valence-corrected chi connectivity index (χ1v) is 9.53. The van der Waals surface area contributed by atoms with E-state index in [-0.39, 0.29) is 12.2 Å². The summed E-state index contributed by atoms with van der Waals surface area (Å²) in [7, 11) is 0. The molecule has 2 aromatic carbocycles. The van der Waals surface area contributed by atoms with E-state index in [1.807, 2.05) is 49.4 Å². The van der Waals surface area contributed by atoms with E-state index in [0.717, 1.165) is 26.0 Å². The number of halogens is 1.